The fourth-order valence-corrected chi connectivity index (χ4v) is 2.63. The minimum Gasteiger partial charge on any atom is -0.399 e. The molecular formula is C14H14N2O2S. The number of thioether (sulfide) groups is 1. The topological polar surface area (TPSA) is 69.2 Å². The van der Waals surface area contributed by atoms with Gasteiger partial charge in [-0.3, -0.25) is 10.1 Å². The third-order valence-corrected chi connectivity index (χ3v) is 3.72. The molecule has 5 heteroatoms. The summed E-state index contributed by atoms with van der Waals surface area (Å²) in [5.74, 6) is 0.800. The van der Waals surface area contributed by atoms with E-state index in [4.69, 9.17) is 5.73 Å². The molecule has 0 fully saturated rings. The van der Waals surface area contributed by atoms with Gasteiger partial charge in [-0.05, 0) is 30.7 Å². The SMILES string of the molecule is Nc1ccc(SCCc2ccccc2[N+](=O)[O-])cc1. The summed E-state index contributed by atoms with van der Waals surface area (Å²) in [6, 6.07) is 14.5. The Morgan fingerprint density at radius 3 is 2.47 bits per heavy atom. The number of aryl methyl sites for hydroxylation is 1. The van der Waals surface area contributed by atoms with Crippen LogP contribution in [-0.2, 0) is 6.42 Å². The predicted octanol–water partition coefficient (Wildman–Crippen LogP) is 3.51. The van der Waals surface area contributed by atoms with Crippen molar-refractivity contribution in [1.29, 1.82) is 0 Å². The molecule has 0 aliphatic heterocycles. The van der Waals surface area contributed by atoms with Crippen LogP contribution in [0.4, 0.5) is 11.4 Å². The molecule has 0 unspecified atom stereocenters. The van der Waals surface area contributed by atoms with E-state index in [0.717, 1.165) is 21.9 Å². The lowest BCUT2D eigenvalue weighted by Crippen LogP contribution is -1.96. The molecule has 0 spiro atoms. The minimum atomic E-state index is -0.330. The minimum absolute atomic E-state index is 0.195. The summed E-state index contributed by atoms with van der Waals surface area (Å²) in [6.45, 7) is 0. The largest absolute Gasteiger partial charge is 0.399 e. The number of hydrogen-bond acceptors (Lipinski definition) is 4. The molecule has 0 saturated carbocycles. The number of nitro groups is 1. The van der Waals surface area contributed by atoms with E-state index in [1.165, 1.54) is 0 Å². The van der Waals surface area contributed by atoms with Crippen molar-refractivity contribution in [2.45, 2.75) is 11.3 Å². The Balaban J connectivity index is 1.96. The van der Waals surface area contributed by atoms with Crippen LogP contribution in [-0.4, -0.2) is 10.7 Å². The van der Waals surface area contributed by atoms with E-state index in [0.29, 0.717) is 6.42 Å². The van der Waals surface area contributed by atoms with Gasteiger partial charge in [0.1, 0.15) is 0 Å². The maximum Gasteiger partial charge on any atom is 0.272 e. The molecule has 19 heavy (non-hydrogen) atoms. The third kappa shape index (κ3) is 3.72. The van der Waals surface area contributed by atoms with Gasteiger partial charge >= 0.3 is 0 Å². The molecule has 0 aliphatic rings. The van der Waals surface area contributed by atoms with Gasteiger partial charge in [-0.2, -0.15) is 0 Å². The zero-order chi connectivity index (χ0) is 13.7. The summed E-state index contributed by atoms with van der Waals surface area (Å²) >= 11 is 1.67. The van der Waals surface area contributed by atoms with E-state index in [9.17, 15) is 10.1 Å². The summed E-state index contributed by atoms with van der Waals surface area (Å²) in [7, 11) is 0. The Morgan fingerprint density at radius 2 is 1.79 bits per heavy atom. The standard InChI is InChI=1S/C14H14N2O2S/c15-12-5-7-13(8-6-12)19-10-9-11-3-1-2-4-14(11)16(17)18/h1-8H,9-10,15H2. The first kappa shape index (κ1) is 13.4. The quantitative estimate of drug-likeness (QED) is 0.392. The van der Waals surface area contributed by atoms with Crippen molar-refractivity contribution in [2.75, 3.05) is 11.5 Å². The lowest BCUT2D eigenvalue weighted by Gasteiger charge is -2.03. The highest BCUT2D eigenvalue weighted by molar-refractivity contribution is 7.99. The fourth-order valence-electron chi connectivity index (χ4n) is 1.74. The molecule has 4 nitrogen and oxygen atoms in total. The Morgan fingerprint density at radius 1 is 1.11 bits per heavy atom. The highest BCUT2D eigenvalue weighted by Crippen LogP contribution is 2.23. The monoisotopic (exact) mass is 274 g/mol. The molecule has 0 amide bonds. The average Bonchev–Trinajstić information content (AvgIpc) is 2.41. The lowest BCUT2D eigenvalue weighted by molar-refractivity contribution is -0.385. The first-order valence-electron chi connectivity index (χ1n) is 5.87. The number of hydrogen-bond donors (Lipinski definition) is 1. The van der Waals surface area contributed by atoms with Crippen LogP contribution in [0.3, 0.4) is 0 Å². The second-order valence-electron chi connectivity index (χ2n) is 4.05. The van der Waals surface area contributed by atoms with Crippen molar-refractivity contribution in [3.05, 3.63) is 64.2 Å². The number of rotatable bonds is 5. The lowest BCUT2D eigenvalue weighted by atomic mass is 10.1. The zero-order valence-corrected chi connectivity index (χ0v) is 11.1. The Kier molecular flexibility index (Phi) is 4.41. The van der Waals surface area contributed by atoms with Crippen molar-refractivity contribution in [3.63, 3.8) is 0 Å². The van der Waals surface area contributed by atoms with Crippen LogP contribution < -0.4 is 5.73 Å². The highest BCUT2D eigenvalue weighted by atomic mass is 32.2. The molecule has 0 saturated heterocycles. The van der Waals surface area contributed by atoms with E-state index < -0.39 is 0 Å². The second-order valence-corrected chi connectivity index (χ2v) is 5.22. The molecule has 0 aliphatic carbocycles. The predicted molar refractivity (Wildman–Crippen MR) is 78.4 cm³/mol. The van der Waals surface area contributed by atoms with Crippen LogP contribution in [0.15, 0.2) is 53.4 Å². The summed E-state index contributed by atoms with van der Waals surface area (Å²) < 4.78 is 0. The van der Waals surface area contributed by atoms with Crippen LogP contribution >= 0.6 is 11.8 Å². The molecule has 2 aromatic rings. The summed E-state index contributed by atoms with van der Waals surface area (Å²) in [5, 5.41) is 10.9. The molecule has 0 aromatic heterocycles. The number of anilines is 1. The highest BCUT2D eigenvalue weighted by Gasteiger charge is 2.11. The number of nitrogens with zero attached hydrogens (tertiary/aromatic N) is 1. The van der Waals surface area contributed by atoms with Crippen molar-refractivity contribution < 1.29 is 4.92 Å². The van der Waals surface area contributed by atoms with Crippen LogP contribution in [0.5, 0.6) is 0 Å². The van der Waals surface area contributed by atoms with Crippen molar-refractivity contribution in [3.8, 4) is 0 Å². The first-order valence-corrected chi connectivity index (χ1v) is 6.86. The van der Waals surface area contributed by atoms with Gasteiger partial charge < -0.3 is 5.73 Å². The third-order valence-electron chi connectivity index (χ3n) is 2.71. The number of benzene rings is 2. The zero-order valence-electron chi connectivity index (χ0n) is 10.3. The number of nitrogen functional groups attached to an aromatic ring is 1. The molecule has 2 aromatic carbocycles. The Bertz CT molecular complexity index is 570. The molecule has 2 rings (SSSR count). The molecule has 0 heterocycles. The van der Waals surface area contributed by atoms with Gasteiger partial charge in [0.25, 0.3) is 5.69 Å². The van der Waals surface area contributed by atoms with Crippen molar-refractivity contribution >= 4 is 23.1 Å². The number of para-hydroxylation sites is 1. The molecule has 2 N–H and O–H groups in total. The Labute approximate surface area is 115 Å². The molecule has 0 bridgehead atoms. The van der Waals surface area contributed by atoms with Gasteiger partial charge in [-0.15, -0.1) is 11.8 Å². The molecule has 98 valence electrons. The van der Waals surface area contributed by atoms with E-state index in [1.807, 2.05) is 36.4 Å². The second kappa shape index (κ2) is 6.24. The van der Waals surface area contributed by atoms with Gasteiger partial charge in [0.15, 0.2) is 0 Å². The molecular weight excluding hydrogens is 260 g/mol. The van der Waals surface area contributed by atoms with Gasteiger partial charge in [-0.1, -0.05) is 18.2 Å². The van der Waals surface area contributed by atoms with Gasteiger partial charge in [-0.25, -0.2) is 0 Å². The summed E-state index contributed by atoms with van der Waals surface area (Å²) in [6.07, 6.45) is 0.673. The van der Waals surface area contributed by atoms with Crippen molar-refractivity contribution in [1.82, 2.24) is 0 Å². The smallest absolute Gasteiger partial charge is 0.272 e. The first-order chi connectivity index (χ1) is 9.16. The Hall–Kier alpha value is -2.01. The van der Waals surface area contributed by atoms with Crippen LogP contribution in [0.25, 0.3) is 0 Å². The normalized spacial score (nSPS) is 10.3. The van der Waals surface area contributed by atoms with Gasteiger partial charge in [0.05, 0.1) is 4.92 Å². The number of nitro benzene ring substituents is 1. The van der Waals surface area contributed by atoms with E-state index in [2.05, 4.69) is 0 Å². The van der Waals surface area contributed by atoms with Crippen molar-refractivity contribution in [2.24, 2.45) is 0 Å². The molecule has 0 atom stereocenters. The summed E-state index contributed by atoms with van der Waals surface area (Å²) in [4.78, 5) is 11.7. The van der Waals surface area contributed by atoms with Crippen LogP contribution in [0, 0.1) is 10.1 Å². The average molecular weight is 274 g/mol. The van der Waals surface area contributed by atoms with E-state index in [-0.39, 0.29) is 10.6 Å². The van der Waals surface area contributed by atoms with Crippen LogP contribution in [0.1, 0.15) is 5.56 Å². The van der Waals surface area contributed by atoms with Crippen LogP contribution in [0.2, 0.25) is 0 Å². The fraction of sp³-hybridized carbons (Fsp3) is 0.143. The van der Waals surface area contributed by atoms with Gasteiger partial charge in [0, 0.05) is 28.0 Å². The van der Waals surface area contributed by atoms with E-state index in [1.54, 1.807) is 23.9 Å². The van der Waals surface area contributed by atoms with Gasteiger partial charge in [0.2, 0.25) is 0 Å². The number of nitrogens with two attached hydrogens (primary N) is 1. The molecule has 0 radical (unpaired) electrons. The maximum atomic E-state index is 10.9. The summed E-state index contributed by atoms with van der Waals surface area (Å²) in [5.41, 5.74) is 7.32. The van der Waals surface area contributed by atoms with E-state index >= 15 is 0 Å². The maximum absolute atomic E-state index is 10.9.